The highest BCUT2D eigenvalue weighted by Gasteiger charge is 2.30. The van der Waals surface area contributed by atoms with Crippen molar-refractivity contribution in [2.24, 2.45) is 11.5 Å². The first-order valence-electron chi connectivity index (χ1n) is 9.83. The Labute approximate surface area is 201 Å². The standard InChI is InChI=1S/C18H33N5O6S3/c1-31-7-5-12(17(27)23-13(18(28)29)6-8-32-2)22-16(26)11(3-4-14(20)24)21-15(25)10(19)9-30/h10-13,30H,3-9,19H2,1-2H3,(H2,20,24)(H,21,25)(H,22,26)(H,23,27)(H,28,29). The highest BCUT2D eigenvalue weighted by atomic mass is 32.2. The van der Waals surface area contributed by atoms with Crippen LogP contribution in [0.4, 0.5) is 0 Å². The maximum Gasteiger partial charge on any atom is 0.326 e. The fourth-order valence-corrected chi connectivity index (χ4v) is 3.57. The molecule has 0 bridgehead atoms. The van der Waals surface area contributed by atoms with Gasteiger partial charge in [0.1, 0.15) is 18.1 Å². The van der Waals surface area contributed by atoms with Crippen LogP contribution in [0.1, 0.15) is 25.7 Å². The van der Waals surface area contributed by atoms with Crippen LogP contribution >= 0.6 is 36.2 Å². The van der Waals surface area contributed by atoms with E-state index < -0.39 is 53.8 Å². The van der Waals surface area contributed by atoms with Crippen LogP contribution in [-0.4, -0.2) is 88.6 Å². The van der Waals surface area contributed by atoms with Crippen LogP contribution in [0.2, 0.25) is 0 Å². The number of primary amides is 1. The summed E-state index contributed by atoms with van der Waals surface area (Å²) in [6, 6.07) is -4.25. The topological polar surface area (TPSA) is 194 Å². The van der Waals surface area contributed by atoms with Crippen molar-refractivity contribution in [3.63, 3.8) is 0 Å². The number of hydrogen-bond donors (Lipinski definition) is 7. The van der Waals surface area contributed by atoms with Crippen LogP contribution < -0.4 is 27.4 Å². The van der Waals surface area contributed by atoms with E-state index in [-0.39, 0.29) is 31.4 Å². The zero-order chi connectivity index (χ0) is 24.7. The molecule has 14 heteroatoms. The summed E-state index contributed by atoms with van der Waals surface area (Å²) in [5, 5.41) is 16.8. The number of hydrogen-bond acceptors (Lipinski definition) is 9. The van der Waals surface area contributed by atoms with Gasteiger partial charge in [-0.05, 0) is 43.3 Å². The minimum atomic E-state index is -1.17. The van der Waals surface area contributed by atoms with Gasteiger partial charge < -0.3 is 32.5 Å². The predicted octanol–water partition coefficient (Wildman–Crippen LogP) is -1.45. The molecule has 0 radical (unpaired) electrons. The number of carboxylic acids is 1. The average Bonchev–Trinajstić information content (AvgIpc) is 2.75. The van der Waals surface area contributed by atoms with Gasteiger partial charge in [-0.15, -0.1) is 0 Å². The van der Waals surface area contributed by atoms with Gasteiger partial charge in [-0.3, -0.25) is 19.2 Å². The van der Waals surface area contributed by atoms with Gasteiger partial charge in [-0.2, -0.15) is 36.2 Å². The first-order valence-corrected chi connectivity index (χ1v) is 13.3. The summed E-state index contributed by atoms with van der Waals surface area (Å²) in [6.07, 6.45) is 3.84. The van der Waals surface area contributed by atoms with Crippen molar-refractivity contribution in [3.8, 4) is 0 Å². The van der Waals surface area contributed by atoms with Gasteiger partial charge >= 0.3 is 5.97 Å². The molecular formula is C18H33N5O6S3. The molecule has 0 fully saturated rings. The van der Waals surface area contributed by atoms with Gasteiger partial charge in [-0.1, -0.05) is 0 Å². The van der Waals surface area contributed by atoms with Crippen molar-refractivity contribution in [1.82, 2.24) is 16.0 Å². The van der Waals surface area contributed by atoms with Crippen LogP contribution in [0, 0.1) is 0 Å². The van der Waals surface area contributed by atoms with Crippen molar-refractivity contribution in [2.75, 3.05) is 29.8 Å². The SMILES string of the molecule is CSCCC(NC(=O)C(CCSC)NC(=O)C(CCC(N)=O)NC(=O)C(N)CS)C(=O)O. The quantitative estimate of drug-likeness (QED) is 0.114. The lowest BCUT2D eigenvalue weighted by Gasteiger charge is -2.25. The van der Waals surface area contributed by atoms with Crippen LogP contribution in [0.3, 0.4) is 0 Å². The molecular weight excluding hydrogens is 478 g/mol. The molecule has 0 aliphatic carbocycles. The lowest BCUT2D eigenvalue weighted by molar-refractivity contribution is -0.142. The van der Waals surface area contributed by atoms with E-state index >= 15 is 0 Å². The third-order valence-electron chi connectivity index (χ3n) is 4.31. The van der Waals surface area contributed by atoms with Gasteiger partial charge in [0.25, 0.3) is 0 Å². The van der Waals surface area contributed by atoms with Crippen molar-refractivity contribution in [3.05, 3.63) is 0 Å². The Morgan fingerprint density at radius 3 is 1.72 bits per heavy atom. The third-order valence-corrected chi connectivity index (χ3v) is 6.00. The van der Waals surface area contributed by atoms with Gasteiger partial charge in [-0.25, -0.2) is 4.79 Å². The highest BCUT2D eigenvalue weighted by Crippen LogP contribution is 2.07. The second kappa shape index (κ2) is 16.9. The number of aliphatic carboxylic acids is 1. The Kier molecular flexibility index (Phi) is 16.1. The summed E-state index contributed by atoms with van der Waals surface area (Å²) < 4.78 is 0. The smallest absolute Gasteiger partial charge is 0.326 e. The Hall–Kier alpha value is -1.64. The zero-order valence-corrected chi connectivity index (χ0v) is 20.7. The third kappa shape index (κ3) is 12.4. The van der Waals surface area contributed by atoms with E-state index in [1.54, 1.807) is 0 Å². The summed E-state index contributed by atoms with van der Waals surface area (Å²) in [6.45, 7) is 0. The molecule has 0 spiro atoms. The molecule has 11 nitrogen and oxygen atoms in total. The molecule has 184 valence electrons. The maximum absolute atomic E-state index is 12.8. The number of rotatable bonds is 17. The van der Waals surface area contributed by atoms with Gasteiger partial charge in [0, 0.05) is 12.2 Å². The van der Waals surface area contributed by atoms with E-state index in [2.05, 4.69) is 28.6 Å². The zero-order valence-electron chi connectivity index (χ0n) is 18.2. The number of carboxylic acid groups (broad SMARTS) is 1. The summed E-state index contributed by atoms with van der Waals surface area (Å²) >= 11 is 6.84. The van der Waals surface area contributed by atoms with Gasteiger partial charge in [0.2, 0.25) is 23.6 Å². The number of carbonyl (C=O) groups excluding carboxylic acids is 4. The van der Waals surface area contributed by atoms with Crippen molar-refractivity contribution >= 4 is 65.8 Å². The predicted molar refractivity (Wildman–Crippen MR) is 130 cm³/mol. The lowest BCUT2D eigenvalue weighted by Crippen LogP contribution is -2.57. The molecule has 8 N–H and O–H groups in total. The molecule has 0 saturated carbocycles. The Bertz CT molecular complexity index is 655. The number of thioether (sulfide) groups is 2. The molecule has 32 heavy (non-hydrogen) atoms. The van der Waals surface area contributed by atoms with E-state index in [1.165, 1.54) is 23.5 Å². The normalized spacial score (nSPS) is 14.5. The Balaban J connectivity index is 5.41. The lowest BCUT2D eigenvalue weighted by atomic mass is 10.1. The maximum atomic E-state index is 12.8. The minimum Gasteiger partial charge on any atom is -0.480 e. The Morgan fingerprint density at radius 1 is 0.844 bits per heavy atom. The van der Waals surface area contributed by atoms with E-state index in [4.69, 9.17) is 11.5 Å². The number of thiol groups is 1. The molecule has 0 aliphatic rings. The van der Waals surface area contributed by atoms with Crippen LogP contribution in [0.5, 0.6) is 0 Å². The molecule has 0 aliphatic heterocycles. The van der Waals surface area contributed by atoms with Crippen molar-refractivity contribution < 1.29 is 29.1 Å². The van der Waals surface area contributed by atoms with E-state index in [0.29, 0.717) is 11.5 Å². The summed E-state index contributed by atoms with van der Waals surface area (Å²) in [7, 11) is 0. The second-order valence-electron chi connectivity index (χ2n) is 6.88. The summed E-state index contributed by atoms with van der Waals surface area (Å²) in [5.41, 5.74) is 10.8. The second-order valence-corrected chi connectivity index (χ2v) is 9.22. The molecule has 4 amide bonds. The number of nitrogens with two attached hydrogens (primary N) is 2. The van der Waals surface area contributed by atoms with Crippen molar-refractivity contribution in [1.29, 1.82) is 0 Å². The highest BCUT2D eigenvalue weighted by molar-refractivity contribution is 7.98. The molecule has 0 aromatic carbocycles. The molecule has 0 aromatic rings. The molecule has 0 saturated heterocycles. The molecule has 0 heterocycles. The van der Waals surface area contributed by atoms with Gasteiger partial charge in [0.15, 0.2) is 0 Å². The largest absolute Gasteiger partial charge is 0.480 e. The number of carbonyl (C=O) groups is 5. The Morgan fingerprint density at radius 2 is 1.28 bits per heavy atom. The van der Waals surface area contributed by atoms with E-state index in [0.717, 1.165) is 0 Å². The van der Waals surface area contributed by atoms with Crippen molar-refractivity contribution in [2.45, 2.75) is 49.9 Å². The number of amides is 4. The van der Waals surface area contributed by atoms with E-state index in [9.17, 15) is 29.1 Å². The molecule has 4 unspecified atom stereocenters. The molecule has 4 atom stereocenters. The molecule has 0 rings (SSSR count). The summed E-state index contributed by atoms with van der Waals surface area (Å²) in [5.74, 6) is -2.73. The fraction of sp³-hybridized carbons (Fsp3) is 0.722. The van der Waals surface area contributed by atoms with Crippen LogP contribution in [-0.2, 0) is 24.0 Å². The fourth-order valence-electron chi connectivity index (χ4n) is 2.46. The first kappa shape index (κ1) is 30.4. The first-order chi connectivity index (χ1) is 15.1. The van der Waals surface area contributed by atoms with Crippen LogP contribution in [0.25, 0.3) is 0 Å². The monoisotopic (exact) mass is 511 g/mol. The number of nitrogens with one attached hydrogen (secondary N) is 3. The minimum absolute atomic E-state index is 0.0430. The average molecular weight is 512 g/mol. The van der Waals surface area contributed by atoms with E-state index in [1.807, 2.05) is 12.5 Å². The van der Waals surface area contributed by atoms with Gasteiger partial charge in [0.05, 0.1) is 6.04 Å². The summed E-state index contributed by atoms with van der Waals surface area (Å²) in [4.78, 5) is 60.3. The molecule has 0 aromatic heterocycles. The van der Waals surface area contributed by atoms with Crippen LogP contribution in [0.15, 0.2) is 0 Å².